The molecule has 16 amide bonds. The van der Waals surface area contributed by atoms with E-state index in [-0.39, 0.29) is 157 Å². The van der Waals surface area contributed by atoms with Gasteiger partial charge in [0.15, 0.2) is 0 Å². The molecule has 46 heteroatoms. The van der Waals surface area contributed by atoms with Gasteiger partial charge < -0.3 is 85.1 Å². The third-order valence-electron chi connectivity index (χ3n) is 21.1. The first-order chi connectivity index (χ1) is 62.8. The van der Waals surface area contributed by atoms with Crippen molar-refractivity contribution in [1.29, 1.82) is 0 Å². The number of piperidine rings is 6. The average Bonchev–Trinajstić information content (AvgIpc) is 1.22. The van der Waals surface area contributed by atoms with Gasteiger partial charge in [-0.1, -0.05) is 20.7 Å². The molecule has 8 rings (SSSR count). The average molecular weight is 1870 g/mol. The number of azide groups is 2. The van der Waals surface area contributed by atoms with Gasteiger partial charge in [-0.15, -0.1) is 47.2 Å². The van der Waals surface area contributed by atoms with E-state index in [0.717, 1.165) is 11.4 Å². The first-order valence-corrected chi connectivity index (χ1v) is 44.4. The quantitative estimate of drug-likeness (QED) is 0.0142. The van der Waals surface area contributed by atoms with Gasteiger partial charge in [0.1, 0.15) is 26.2 Å². The van der Waals surface area contributed by atoms with E-state index in [1.54, 1.807) is 40.1 Å². The smallest absolute Gasteiger partial charge is 0.242 e. The molecule has 2 aromatic heterocycles. The molecule has 0 radical (unpaired) electrons. The molecule has 0 aromatic carbocycles. The second-order valence-corrected chi connectivity index (χ2v) is 33.3. The molecule has 6 unspecified atom stereocenters. The Kier molecular flexibility index (Phi) is 59.9. The highest BCUT2D eigenvalue weighted by Gasteiger charge is 2.56. The third kappa shape index (κ3) is 54.4. The van der Waals surface area contributed by atoms with Gasteiger partial charge in [-0.2, -0.15) is 0 Å². The number of carbonyl (C=O) groups is 16. The molecule has 740 valence electrons. The Morgan fingerprint density at radius 1 is 0.361 bits per heavy atom. The second kappa shape index (κ2) is 66.4. The zero-order valence-electron chi connectivity index (χ0n) is 80.7. The fraction of sp³-hybridized carbons (Fsp3) is 0.701. The lowest BCUT2D eigenvalue weighted by Crippen LogP contribution is -2.75. The van der Waals surface area contributed by atoms with Gasteiger partial charge in [0, 0.05) is 242 Å². The summed E-state index contributed by atoms with van der Waals surface area (Å²) in [6.45, 7) is 30.9. The molecular weight excluding hydrogens is 1720 g/mol. The Morgan fingerprint density at radius 3 is 0.767 bits per heavy atom. The standard InChI is InChI=1S/C21H34N8O4.C21H37N7O4.C18H30N8O4.C18H33N7O4.3C3H4/c1-13-11-28(27-26-13)12-20(33)25-21-5-17(8-22-14(2)30)29(18(6-21)9-23-15(3)31)19(7-21)10-24-16(4)32;1-16-14-28(27-26-16)15-20(32)25-21(8-5-11-22-17(2)29,9-6-12-23-18(3)30)10-7-13-24-19(4)31;1-11(27)20-7-14-4-18(24-17(30)10-23-25-19)5-15(8-21-12(2)28)26(14)16(6-18)9-22-13(3)29;1-14(26)20-10-4-7-18(8-5-11-21-15(2)27,9-6-12-22-16(3)28)24-17(29)13-23-25-19;3*1-3-2/h11,17-19H,5-10,12H2,1-4H3,(H,22,30)(H,23,31)(H,24,32)(H,25,33);14H,5-13,15H2,1-4H3,(H,22,29)(H,23,30)(H,24,31)(H,25,32);14-16H,4-10H2,1-3H3,(H,20,27)(H,21,28)(H,22,29)(H,24,30);4-13H2,1-3H3,(H,20,26)(H,21,27)(H,22,28)(H,24,29);3*1H,2H3/t17-,18+,19?,21?;;14-,15+,16?,18?;;;;. The topological polar surface area (TPSA) is 631 Å². The van der Waals surface area contributed by atoms with Crippen LogP contribution in [0.5, 0.6) is 0 Å². The highest BCUT2D eigenvalue weighted by molar-refractivity contribution is 5.81. The highest BCUT2D eigenvalue weighted by atomic mass is 16.2. The zero-order valence-corrected chi connectivity index (χ0v) is 80.7. The van der Waals surface area contributed by atoms with Gasteiger partial charge >= 0.3 is 0 Å². The van der Waals surface area contributed by atoms with Gasteiger partial charge in [-0.3, -0.25) is 86.5 Å². The van der Waals surface area contributed by atoms with Crippen LogP contribution in [0.2, 0.25) is 0 Å². The van der Waals surface area contributed by atoms with E-state index in [1.807, 2.05) is 6.92 Å². The molecule has 4 bridgehead atoms. The molecule has 0 spiro atoms. The minimum Gasteiger partial charge on any atom is -0.356 e. The van der Waals surface area contributed by atoms with Crippen LogP contribution in [0.4, 0.5) is 0 Å². The van der Waals surface area contributed by atoms with Gasteiger partial charge in [-0.05, 0) is 161 Å². The van der Waals surface area contributed by atoms with E-state index in [0.29, 0.717) is 194 Å². The minimum absolute atomic E-state index is 0.0473. The summed E-state index contributed by atoms with van der Waals surface area (Å²) in [6, 6.07) is -0.426. The third-order valence-corrected chi connectivity index (χ3v) is 21.1. The number of aryl methyl sites for hydroxylation is 2. The van der Waals surface area contributed by atoms with Crippen molar-refractivity contribution in [2.75, 3.05) is 91.6 Å². The van der Waals surface area contributed by atoms with E-state index in [9.17, 15) is 76.7 Å². The predicted molar refractivity (Wildman–Crippen MR) is 498 cm³/mol. The van der Waals surface area contributed by atoms with Crippen molar-refractivity contribution >= 4 is 94.5 Å². The van der Waals surface area contributed by atoms with Crippen molar-refractivity contribution in [2.45, 2.75) is 305 Å². The Labute approximate surface area is 781 Å². The summed E-state index contributed by atoms with van der Waals surface area (Å²) in [4.78, 5) is 197. The van der Waals surface area contributed by atoms with Gasteiger partial charge in [0.2, 0.25) is 94.5 Å². The van der Waals surface area contributed by atoms with Crippen molar-refractivity contribution < 1.29 is 76.7 Å². The Bertz CT molecular complexity index is 4030. The molecule has 8 heterocycles. The SMILES string of the molecule is C#CC.C#CC.C#CC.CC(=O)NCC1CC2(NC(=O)CN=[N+]=[N-])C[C@@H](CNC(C)=O)N1[C@@H](CNC(C)=O)C2.CC(=O)NCC1CC2(NC(=O)Cn3cc(C)nn3)C[C@@H](CNC(C)=O)N1[C@@H](CNC(C)=O)C2.CC(=O)NCCCC(CCCNC(C)=O)(CCCNC(C)=O)NC(=O)CN=[N+]=[N-].CC(=O)NCCCC(CCCNC(C)=O)(CCCNC(C)=O)NC(=O)Cn1cc(C)nn1. The minimum atomic E-state index is -0.600. The van der Waals surface area contributed by atoms with E-state index < -0.39 is 22.2 Å². The summed E-state index contributed by atoms with van der Waals surface area (Å²) in [5, 5.41) is 68.6. The molecule has 46 nitrogen and oxygen atoms in total. The number of nitrogens with one attached hydrogen (secondary N) is 16. The Balaban J connectivity index is 0.00000169. The molecule has 6 aliphatic heterocycles. The zero-order chi connectivity index (χ0) is 101. The van der Waals surface area contributed by atoms with Crippen LogP contribution < -0.4 is 85.1 Å². The number of hydrogen-bond acceptors (Lipinski definition) is 24. The maximum Gasteiger partial charge on any atom is 0.242 e. The molecule has 0 saturated carbocycles. The number of nitrogens with zero attached hydrogens (tertiary/aromatic N) is 14. The first kappa shape index (κ1) is 120. The van der Waals surface area contributed by atoms with Crippen LogP contribution in [0.1, 0.15) is 231 Å². The summed E-state index contributed by atoms with van der Waals surface area (Å²) >= 11 is 0. The summed E-state index contributed by atoms with van der Waals surface area (Å²) in [5.41, 5.74) is 16.1. The largest absolute Gasteiger partial charge is 0.356 e. The summed E-state index contributed by atoms with van der Waals surface area (Å²) in [7, 11) is 0. The molecule has 10 atom stereocenters. The number of carbonyl (C=O) groups excluding carboxylic acids is 16. The number of amides is 16. The van der Waals surface area contributed by atoms with Crippen molar-refractivity contribution in [3.05, 3.63) is 44.7 Å². The molecule has 133 heavy (non-hydrogen) atoms. The normalized spacial score (nSPS) is 18.7. The molecule has 16 N–H and O–H groups in total. The lowest BCUT2D eigenvalue weighted by molar-refractivity contribution is -0.133. The number of terminal acetylenes is 3. The van der Waals surface area contributed by atoms with Gasteiger partial charge in [0.25, 0.3) is 0 Å². The molecule has 0 aliphatic carbocycles. The summed E-state index contributed by atoms with van der Waals surface area (Å²) in [6.07, 6.45) is 28.7. The van der Waals surface area contributed by atoms with Crippen LogP contribution in [0, 0.1) is 50.9 Å². The maximum atomic E-state index is 13.0. The van der Waals surface area contributed by atoms with Crippen molar-refractivity contribution in [3.63, 3.8) is 0 Å². The number of aromatic nitrogens is 6. The summed E-state index contributed by atoms with van der Waals surface area (Å²) in [5.74, 6) is 4.09. The van der Waals surface area contributed by atoms with Crippen LogP contribution in [-0.2, 0) is 89.8 Å². The summed E-state index contributed by atoms with van der Waals surface area (Å²) < 4.78 is 2.99. The van der Waals surface area contributed by atoms with Gasteiger partial charge in [0.05, 0.1) is 11.4 Å². The molecule has 6 saturated heterocycles. The van der Waals surface area contributed by atoms with E-state index in [2.05, 4.69) is 173 Å². The van der Waals surface area contributed by atoms with Crippen LogP contribution >= 0.6 is 0 Å². The Morgan fingerprint density at radius 2 is 0.564 bits per heavy atom. The van der Waals surface area contributed by atoms with Crippen LogP contribution in [0.15, 0.2) is 22.6 Å². The van der Waals surface area contributed by atoms with E-state index in [4.69, 9.17) is 11.1 Å². The first-order valence-electron chi connectivity index (χ1n) is 44.4. The highest BCUT2D eigenvalue weighted by Crippen LogP contribution is 2.45. The van der Waals surface area contributed by atoms with Crippen molar-refractivity contribution in [1.82, 2.24) is 125 Å². The number of rotatable bonds is 48. The lowest BCUT2D eigenvalue weighted by Gasteiger charge is -2.60. The monoisotopic (exact) mass is 1870 g/mol. The second-order valence-electron chi connectivity index (χ2n) is 33.3. The molecule has 6 aliphatic rings. The molecule has 6 fully saturated rings. The number of fused-ring (bicyclic) bond motifs is 6. The van der Waals surface area contributed by atoms with E-state index in [1.165, 1.54) is 92.4 Å². The fourth-order valence-corrected chi connectivity index (χ4v) is 16.6. The van der Waals surface area contributed by atoms with Crippen molar-refractivity contribution in [2.24, 2.45) is 10.2 Å². The van der Waals surface area contributed by atoms with Crippen LogP contribution in [0.3, 0.4) is 0 Å². The molecule has 2 aromatic rings. The van der Waals surface area contributed by atoms with E-state index >= 15 is 0 Å². The van der Waals surface area contributed by atoms with Crippen LogP contribution in [-0.4, -0.2) is 284 Å². The maximum absolute atomic E-state index is 13.0. The Hall–Kier alpha value is -13.0. The van der Waals surface area contributed by atoms with Gasteiger partial charge in [-0.25, -0.2) is 9.36 Å². The molecular formula is C87H146N30O16. The lowest BCUT2D eigenvalue weighted by atomic mass is 9.69. The van der Waals surface area contributed by atoms with Crippen LogP contribution in [0.25, 0.3) is 20.9 Å². The number of hydrogen-bond donors (Lipinski definition) is 16. The predicted octanol–water partition coefficient (Wildman–Crippen LogP) is 0.630. The fourth-order valence-electron chi connectivity index (χ4n) is 16.6. The van der Waals surface area contributed by atoms with Crippen molar-refractivity contribution in [3.8, 4) is 37.0 Å².